The lowest BCUT2D eigenvalue weighted by atomic mass is 9.97. The summed E-state index contributed by atoms with van der Waals surface area (Å²) in [6.07, 6.45) is 0.959. The molecule has 2 nitrogen and oxygen atoms in total. The molecular weight excluding hydrogens is 289 g/mol. The molecule has 0 aromatic heterocycles. The predicted molar refractivity (Wildman–Crippen MR) is 84.5 cm³/mol. The van der Waals surface area contributed by atoms with Crippen LogP contribution in [0.4, 0.5) is 4.39 Å². The number of rotatable bonds is 6. The summed E-state index contributed by atoms with van der Waals surface area (Å²) >= 11 is 6.01. The number of methoxy groups -OCH3 is 1. The van der Waals surface area contributed by atoms with E-state index in [1.54, 1.807) is 31.4 Å². The molecule has 0 aliphatic rings. The molecule has 0 fully saturated rings. The molecule has 0 spiro atoms. The van der Waals surface area contributed by atoms with Gasteiger partial charge in [-0.1, -0.05) is 42.8 Å². The van der Waals surface area contributed by atoms with Gasteiger partial charge in [-0.2, -0.15) is 0 Å². The number of benzene rings is 2. The van der Waals surface area contributed by atoms with Crippen LogP contribution in [0, 0.1) is 5.82 Å². The predicted octanol–water partition coefficient (Wildman–Crippen LogP) is 4.58. The van der Waals surface area contributed by atoms with Gasteiger partial charge in [-0.15, -0.1) is 0 Å². The van der Waals surface area contributed by atoms with E-state index in [1.807, 2.05) is 12.1 Å². The fourth-order valence-corrected chi connectivity index (χ4v) is 2.47. The molecule has 0 aliphatic heterocycles. The largest absolute Gasteiger partial charge is 0.496 e. The number of halogens is 2. The van der Waals surface area contributed by atoms with Crippen molar-refractivity contribution in [3.05, 3.63) is 64.4 Å². The van der Waals surface area contributed by atoms with Gasteiger partial charge in [-0.3, -0.25) is 0 Å². The normalized spacial score (nSPS) is 12.2. The average molecular weight is 308 g/mol. The Morgan fingerprint density at radius 2 is 1.95 bits per heavy atom. The molecule has 0 radical (unpaired) electrons. The maximum absolute atomic E-state index is 14.2. The van der Waals surface area contributed by atoms with Gasteiger partial charge in [-0.05, 0) is 31.2 Å². The van der Waals surface area contributed by atoms with Crippen molar-refractivity contribution in [2.24, 2.45) is 0 Å². The zero-order chi connectivity index (χ0) is 15.2. The minimum absolute atomic E-state index is 0.233. The SMILES string of the molecule is CCCNC(c1ccccc1F)c1ccc(Cl)cc1OC. The van der Waals surface area contributed by atoms with Crippen molar-refractivity contribution in [3.8, 4) is 5.75 Å². The van der Waals surface area contributed by atoms with Gasteiger partial charge in [-0.25, -0.2) is 4.39 Å². The summed E-state index contributed by atoms with van der Waals surface area (Å²) in [5.74, 6) is 0.419. The smallest absolute Gasteiger partial charge is 0.128 e. The molecule has 2 aromatic carbocycles. The van der Waals surface area contributed by atoms with E-state index in [0.717, 1.165) is 18.5 Å². The minimum Gasteiger partial charge on any atom is -0.496 e. The molecule has 1 atom stereocenters. The molecule has 1 unspecified atom stereocenters. The van der Waals surface area contributed by atoms with Crippen molar-refractivity contribution in [2.45, 2.75) is 19.4 Å². The van der Waals surface area contributed by atoms with E-state index in [0.29, 0.717) is 16.3 Å². The summed E-state index contributed by atoms with van der Waals surface area (Å²) in [4.78, 5) is 0. The molecule has 1 N–H and O–H groups in total. The number of ether oxygens (including phenoxy) is 1. The van der Waals surface area contributed by atoms with Crippen molar-refractivity contribution in [3.63, 3.8) is 0 Å². The first-order chi connectivity index (χ1) is 10.2. The molecule has 112 valence electrons. The van der Waals surface area contributed by atoms with E-state index < -0.39 is 0 Å². The van der Waals surface area contributed by atoms with Crippen LogP contribution in [0.25, 0.3) is 0 Å². The average Bonchev–Trinajstić information content (AvgIpc) is 2.50. The first-order valence-electron chi connectivity index (χ1n) is 6.98. The molecule has 2 rings (SSSR count). The topological polar surface area (TPSA) is 21.3 Å². The minimum atomic E-state index is -0.265. The van der Waals surface area contributed by atoms with Crippen molar-refractivity contribution in [1.82, 2.24) is 5.32 Å². The fraction of sp³-hybridized carbons (Fsp3) is 0.294. The molecule has 21 heavy (non-hydrogen) atoms. The van der Waals surface area contributed by atoms with Crippen LogP contribution in [-0.2, 0) is 0 Å². The molecule has 0 saturated carbocycles. The van der Waals surface area contributed by atoms with Crippen LogP contribution < -0.4 is 10.1 Å². The molecule has 0 bridgehead atoms. The zero-order valence-electron chi connectivity index (χ0n) is 12.2. The zero-order valence-corrected chi connectivity index (χ0v) is 13.0. The Kier molecular flexibility index (Phi) is 5.59. The highest BCUT2D eigenvalue weighted by molar-refractivity contribution is 6.30. The summed E-state index contributed by atoms with van der Waals surface area (Å²) in [5.41, 5.74) is 1.48. The van der Waals surface area contributed by atoms with Gasteiger partial charge < -0.3 is 10.1 Å². The number of nitrogens with one attached hydrogen (secondary N) is 1. The van der Waals surface area contributed by atoms with Gasteiger partial charge >= 0.3 is 0 Å². The second-order valence-corrected chi connectivity index (χ2v) is 5.23. The van der Waals surface area contributed by atoms with Gasteiger partial charge in [0.25, 0.3) is 0 Å². The number of hydrogen-bond donors (Lipinski definition) is 1. The van der Waals surface area contributed by atoms with Gasteiger partial charge in [0, 0.05) is 16.1 Å². The Hall–Kier alpha value is -1.58. The van der Waals surface area contributed by atoms with Crippen LogP contribution in [0.2, 0.25) is 5.02 Å². The first kappa shape index (κ1) is 15.8. The highest BCUT2D eigenvalue weighted by Crippen LogP contribution is 2.33. The van der Waals surface area contributed by atoms with Crippen LogP contribution in [0.1, 0.15) is 30.5 Å². The summed E-state index contributed by atoms with van der Waals surface area (Å²) in [7, 11) is 1.59. The molecule has 0 heterocycles. The lowest BCUT2D eigenvalue weighted by molar-refractivity contribution is 0.403. The number of hydrogen-bond acceptors (Lipinski definition) is 2. The lowest BCUT2D eigenvalue weighted by Gasteiger charge is -2.22. The van der Waals surface area contributed by atoms with E-state index in [4.69, 9.17) is 16.3 Å². The molecule has 0 aliphatic carbocycles. The summed E-state index contributed by atoms with van der Waals surface area (Å²) in [5, 5.41) is 3.97. The summed E-state index contributed by atoms with van der Waals surface area (Å²) in [6, 6.07) is 11.9. The quantitative estimate of drug-likeness (QED) is 0.843. The van der Waals surface area contributed by atoms with E-state index in [2.05, 4.69) is 12.2 Å². The third kappa shape index (κ3) is 3.74. The van der Waals surface area contributed by atoms with Crippen molar-refractivity contribution in [2.75, 3.05) is 13.7 Å². The van der Waals surface area contributed by atoms with Gasteiger partial charge in [0.2, 0.25) is 0 Å². The Labute approximate surface area is 129 Å². The first-order valence-corrected chi connectivity index (χ1v) is 7.36. The van der Waals surface area contributed by atoms with Crippen LogP contribution >= 0.6 is 11.6 Å². The van der Waals surface area contributed by atoms with Crippen molar-refractivity contribution < 1.29 is 9.13 Å². The summed E-state index contributed by atoms with van der Waals surface area (Å²) in [6.45, 7) is 2.86. The standard InChI is InChI=1S/C17H19ClFNO/c1-3-10-20-17(13-6-4-5-7-15(13)19)14-9-8-12(18)11-16(14)21-2/h4-9,11,17,20H,3,10H2,1-2H3. The van der Waals surface area contributed by atoms with Crippen LogP contribution in [0.5, 0.6) is 5.75 Å². The maximum atomic E-state index is 14.2. The Balaban J connectivity index is 2.48. The molecule has 4 heteroatoms. The Morgan fingerprint density at radius 3 is 2.62 bits per heavy atom. The highest BCUT2D eigenvalue weighted by atomic mass is 35.5. The second kappa shape index (κ2) is 7.43. The lowest BCUT2D eigenvalue weighted by Crippen LogP contribution is -2.24. The van der Waals surface area contributed by atoms with E-state index >= 15 is 0 Å². The van der Waals surface area contributed by atoms with Crippen molar-refractivity contribution >= 4 is 11.6 Å². The third-order valence-corrected chi connectivity index (χ3v) is 3.56. The molecule has 0 amide bonds. The van der Waals surface area contributed by atoms with Gasteiger partial charge in [0.05, 0.1) is 13.2 Å². The van der Waals surface area contributed by atoms with Crippen LogP contribution in [0.3, 0.4) is 0 Å². The molecule has 0 saturated heterocycles. The van der Waals surface area contributed by atoms with Gasteiger partial charge in [0.1, 0.15) is 11.6 Å². The summed E-state index contributed by atoms with van der Waals surface area (Å²) < 4.78 is 19.6. The third-order valence-electron chi connectivity index (χ3n) is 3.32. The maximum Gasteiger partial charge on any atom is 0.128 e. The van der Waals surface area contributed by atoms with Crippen LogP contribution in [-0.4, -0.2) is 13.7 Å². The molecule has 2 aromatic rings. The van der Waals surface area contributed by atoms with E-state index in [9.17, 15) is 4.39 Å². The monoisotopic (exact) mass is 307 g/mol. The van der Waals surface area contributed by atoms with E-state index in [-0.39, 0.29) is 11.9 Å². The molecular formula is C17H19ClFNO. The Bertz CT molecular complexity index is 603. The Morgan fingerprint density at radius 1 is 1.19 bits per heavy atom. The fourth-order valence-electron chi connectivity index (χ4n) is 2.31. The highest BCUT2D eigenvalue weighted by Gasteiger charge is 2.20. The van der Waals surface area contributed by atoms with E-state index in [1.165, 1.54) is 6.07 Å². The van der Waals surface area contributed by atoms with Gasteiger partial charge in [0.15, 0.2) is 0 Å². The second-order valence-electron chi connectivity index (χ2n) is 4.79. The van der Waals surface area contributed by atoms with Crippen LogP contribution in [0.15, 0.2) is 42.5 Å². The van der Waals surface area contributed by atoms with Crippen molar-refractivity contribution in [1.29, 1.82) is 0 Å².